The van der Waals surface area contributed by atoms with Crippen molar-refractivity contribution in [1.82, 2.24) is 5.43 Å². The molecule has 0 heterocycles. The number of nitrogens with two attached hydrogens (primary N) is 1. The zero-order chi connectivity index (χ0) is 26.5. The molecule has 0 spiro atoms. The Balaban J connectivity index is 1.51. The maximum absolute atomic E-state index is 11.3. The number of nitrogens with one attached hydrogen (secondary N) is 1. The fraction of sp³-hybridized carbons (Fsp3) is 0.935. The number of fused-ring (bicyclic) bond motifs is 7. The van der Waals surface area contributed by atoms with E-state index in [1.165, 1.54) is 57.8 Å². The number of primary amides is 1. The number of carbonyl (C=O) groups is 1. The summed E-state index contributed by atoms with van der Waals surface area (Å²) in [6, 6.07) is -0.667. The summed E-state index contributed by atoms with van der Waals surface area (Å²) >= 11 is 0. The summed E-state index contributed by atoms with van der Waals surface area (Å²) in [5.74, 6) is 2.07. The summed E-state index contributed by atoms with van der Waals surface area (Å²) < 4.78 is 0. The van der Waals surface area contributed by atoms with Crippen molar-refractivity contribution in [3.8, 4) is 0 Å². The van der Waals surface area contributed by atoms with Crippen LogP contribution in [0, 0.1) is 56.2 Å². The molecule has 2 amide bonds. The van der Waals surface area contributed by atoms with Gasteiger partial charge in [0.15, 0.2) is 0 Å². The molecular weight excluding hydrogens is 446 g/mol. The lowest BCUT2D eigenvalue weighted by molar-refractivity contribution is -0.256. The predicted molar refractivity (Wildman–Crippen MR) is 146 cm³/mol. The van der Waals surface area contributed by atoms with Crippen LogP contribution in [0.5, 0.6) is 0 Å². The summed E-state index contributed by atoms with van der Waals surface area (Å²) in [5, 5.41) is 15.6. The molecule has 4 N–H and O–H groups in total. The highest BCUT2D eigenvalue weighted by atomic mass is 16.3. The Morgan fingerprint density at radius 2 is 1.47 bits per heavy atom. The Kier molecular flexibility index (Phi) is 5.86. The molecule has 5 rings (SSSR count). The number of hydrogen-bond acceptors (Lipinski definition) is 3. The number of rotatable bonds is 1. The van der Waals surface area contributed by atoms with Gasteiger partial charge in [-0.2, -0.15) is 5.10 Å². The third-order valence-corrected chi connectivity index (χ3v) is 14.1. The van der Waals surface area contributed by atoms with Crippen molar-refractivity contribution < 1.29 is 9.90 Å². The van der Waals surface area contributed by atoms with Crippen LogP contribution in [-0.2, 0) is 0 Å². The summed E-state index contributed by atoms with van der Waals surface area (Å²) in [6.45, 7) is 20.3. The topological polar surface area (TPSA) is 87.7 Å². The number of aliphatic hydroxyl groups is 1. The van der Waals surface area contributed by atoms with Gasteiger partial charge in [0.25, 0.3) is 0 Å². The van der Waals surface area contributed by atoms with Crippen molar-refractivity contribution in [2.45, 2.75) is 126 Å². The average Bonchev–Trinajstić information content (AvgIpc) is 2.78. The first-order chi connectivity index (χ1) is 16.5. The minimum atomic E-state index is -0.667. The SMILES string of the molecule is C[C@@H]1/C(=N\NC(N)=O)[C@H](O)C[C@@H]2[C@]1(C)CC[C@@H]1[C@]2(C)CC[C@@]2(C)[C@H]3CC(C)(C)CC[C@]3(C)CC[C@]12C. The van der Waals surface area contributed by atoms with Gasteiger partial charge in [0.1, 0.15) is 0 Å². The number of urea groups is 1. The van der Waals surface area contributed by atoms with Gasteiger partial charge in [0.05, 0.1) is 11.8 Å². The van der Waals surface area contributed by atoms with Crippen LogP contribution in [-0.4, -0.2) is 23.0 Å². The molecule has 0 radical (unpaired) electrons. The molecule has 5 saturated carbocycles. The monoisotopic (exact) mass is 499 g/mol. The first-order valence-corrected chi connectivity index (χ1v) is 14.8. The minimum absolute atomic E-state index is 0.0722. The second kappa shape index (κ2) is 7.96. The molecule has 0 saturated heterocycles. The van der Waals surface area contributed by atoms with Crippen LogP contribution in [0.2, 0.25) is 0 Å². The maximum atomic E-state index is 11.3. The van der Waals surface area contributed by atoms with Crippen LogP contribution in [0.1, 0.15) is 120 Å². The second-order valence-corrected chi connectivity index (χ2v) is 16.1. The molecule has 5 aliphatic rings. The summed E-state index contributed by atoms with van der Waals surface area (Å²) in [7, 11) is 0. The van der Waals surface area contributed by atoms with E-state index >= 15 is 0 Å². The molecule has 10 atom stereocenters. The fourth-order valence-corrected chi connectivity index (χ4v) is 11.5. The van der Waals surface area contributed by atoms with Crippen LogP contribution >= 0.6 is 0 Å². The quantitative estimate of drug-likeness (QED) is 0.343. The number of hydrazone groups is 1. The minimum Gasteiger partial charge on any atom is -0.387 e. The van der Waals surface area contributed by atoms with Crippen molar-refractivity contribution >= 4 is 11.7 Å². The van der Waals surface area contributed by atoms with Crippen LogP contribution in [0.4, 0.5) is 4.79 Å². The summed E-state index contributed by atoms with van der Waals surface area (Å²) in [5.41, 5.74) is 10.4. The molecule has 0 aliphatic heterocycles. The number of aliphatic hydroxyl groups excluding tert-OH is 1. The molecule has 0 bridgehead atoms. The average molecular weight is 500 g/mol. The summed E-state index contributed by atoms with van der Waals surface area (Å²) in [4.78, 5) is 11.3. The van der Waals surface area contributed by atoms with E-state index in [9.17, 15) is 9.90 Å². The first kappa shape index (κ1) is 26.5. The van der Waals surface area contributed by atoms with Gasteiger partial charge in [-0.25, -0.2) is 10.2 Å². The fourth-order valence-electron chi connectivity index (χ4n) is 11.5. The lowest BCUT2D eigenvalue weighted by Gasteiger charge is -2.75. The molecule has 204 valence electrons. The zero-order valence-corrected chi connectivity index (χ0v) is 24.3. The largest absolute Gasteiger partial charge is 0.387 e. The molecule has 0 aromatic carbocycles. The third-order valence-electron chi connectivity index (χ3n) is 14.1. The van der Waals surface area contributed by atoms with Gasteiger partial charge in [-0.15, -0.1) is 0 Å². The normalized spacial score (nSPS) is 55.0. The summed E-state index contributed by atoms with van der Waals surface area (Å²) in [6.07, 6.45) is 12.0. The highest BCUT2D eigenvalue weighted by molar-refractivity contribution is 5.92. The highest BCUT2D eigenvalue weighted by Crippen LogP contribution is 2.78. The van der Waals surface area contributed by atoms with Gasteiger partial charge in [-0.3, -0.25) is 0 Å². The Bertz CT molecular complexity index is 961. The van der Waals surface area contributed by atoms with Crippen molar-refractivity contribution in [2.75, 3.05) is 0 Å². The Hall–Kier alpha value is -1.10. The molecule has 36 heavy (non-hydrogen) atoms. The van der Waals surface area contributed by atoms with E-state index in [1.54, 1.807) is 0 Å². The molecule has 0 aromatic heterocycles. The maximum Gasteiger partial charge on any atom is 0.332 e. The van der Waals surface area contributed by atoms with E-state index in [1.807, 2.05) is 0 Å². The molecule has 5 nitrogen and oxygen atoms in total. The van der Waals surface area contributed by atoms with Crippen molar-refractivity contribution in [1.29, 1.82) is 0 Å². The van der Waals surface area contributed by atoms with E-state index in [4.69, 9.17) is 5.73 Å². The smallest absolute Gasteiger partial charge is 0.332 e. The first-order valence-electron chi connectivity index (χ1n) is 14.8. The van der Waals surface area contributed by atoms with E-state index in [0.717, 1.165) is 12.3 Å². The lowest BCUT2D eigenvalue weighted by Crippen LogP contribution is -2.68. The predicted octanol–water partition coefficient (Wildman–Crippen LogP) is 6.88. The highest BCUT2D eigenvalue weighted by Gasteiger charge is 2.71. The second-order valence-electron chi connectivity index (χ2n) is 16.1. The van der Waals surface area contributed by atoms with Gasteiger partial charge in [0, 0.05) is 5.92 Å². The van der Waals surface area contributed by atoms with Gasteiger partial charge >= 0.3 is 6.03 Å². The Morgan fingerprint density at radius 3 is 2.14 bits per heavy atom. The van der Waals surface area contributed by atoms with Gasteiger partial charge in [-0.1, -0.05) is 55.4 Å². The molecule has 5 heteroatoms. The Morgan fingerprint density at radius 1 is 0.861 bits per heavy atom. The van der Waals surface area contributed by atoms with Crippen LogP contribution < -0.4 is 11.2 Å². The van der Waals surface area contributed by atoms with Gasteiger partial charge in [-0.05, 0) is 114 Å². The number of amides is 2. The zero-order valence-electron chi connectivity index (χ0n) is 24.3. The van der Waals surface area contributed by atoms with E-state index < -0.39 is 12.1 Å². The molecule has 0 unspecified atom stereocenters. The van der Waals surface area contributed by atoms with Gasteiger partial charge in [0.2, 0.25) is 0 Å². The van der Waals surface area contributed by atoms with Crippen molar-refractivity contribution in [3.63, 3.8) is 0 Å². The molecule has 5 fully saturated rings. The van der Waals surface area contributed by atoms with Crippen LogP contribution in [0.25, 0.3) is 0 Å². The van der Waals surface area contributed by atoms with Crippen LogP contribution in [0.15, 0.2) is 5.10 Å². The van der Waals surface area contributed by atoms with Crippen molar-refractivity contribution in [3.05, 3.63) is 0 Å². The van der Waals surface area contributed by atoms with Gasteiger partial charge < -0.3 is 10.8 Å². The van der Waals surface area contributed by atoms with E-state index in [-0.39, 0.29) is 16.7 Å². The van der Waals surface area contributed by atoms with E-state index in [2.05, 4.69) is 65.9 Å². The van der Waals surface area contributed by atoms with E-state index in [0.29, 0.717) is 39.2 Å². The number of nitrogens with zero attached hydrogens (tertiary/aromatic N) is 1. The Labute approximate surface area is 219 Å². The third kappa shape index (κ3) is 3.42. The molecule has 0 aromatic rings. The number of carbonyl (C=O) groups excluding carboxylic acids is 1. The van der Waals surface area contributed by atoms with Crippen LogP contribution in [0.3, 0.4) is 0 Å². The molecular formula is C31H53N3O2. The van der Waals surface area contributed by atoms with Crippen molar-refractivity contribution in [2.24, 2.45) is 67.0 Å². The molecule has 5 aliphatic carbocycles. The lowest BCUT2D eigenvalue weighted by atomic mass is 9.30. The number of hydrogen-bond donors (Lipinski definition) is 3. The standard InChI is InChI=1S/C31H53N3O2/c1-19-24(33-34-25(32)36)20(35)17-22-28(19,5)10-9-21-29(22,6)14-16-31(8)23-18-26(2,3)11-12-27(23,4)13-15-30(21,31)7/h19-23,35H,9-18H2,1-8H3,(H3,32,34,36)/b33-24+/t19-,20-,21-,22-,23+,27-,28-,29+,30-,31+/m1/s1.